The highest BCUT2D eigenvalue weighted by Crippen LogP contribution is 2.21. The number of rotatable bonds is 5. The lowest BCUT2D eigenvalue weighted by Crippen LogP contribution is -1.85. The average Bonchev–Trinajstić information content (AvgIpc) is 2.48. The molecule has 1 heteroatoms. The molecule has 0 bridgehead atoms. The fourth-order valence-corrected chi connectivity index (χ4v) is 2.11. The van der Waals surface area contributed by atoms with Crippen LogP contribution >= 0.6 is 0 Å². The van der Waals surface area contributed by atoms with Gasteiger partial charge in [-0.05, 0) is 41.5 Å². The third kappa shape index (κ3) is 3.78. The molecule has 0 amide bonds. The number of benzene rings is 2. The normalized spacial score (nSPS) is 11.1. The summed E-state index contributed by atoms with van der Waals surface area (Å²) in [6, 6.07) is 17.2. The first kappa shape index (κ1) is 13.5. The second-order valence-corrected chi connectivity index (χ2v) is 4.65. The first-order chi connectivity index (χ1) is 9.33. The van der Waals surface area contributed by atoms with Crippen LogP contribution in [0.3, 0.4) is 0 Å². The summed E-state index contributed by atoms with van der Waals surface area (Å²) in [4.78, 5) is 0. The molecular weight excluding hydrogens is 235 g/mol. The predicted octanol–water partition coefficient (Wildman–Crippen LogP) is 5.33. The smallest absolute Gasteiger partial charge is 0.0827 e. The predicted molar refractivity (Wildman–Crippen MR) is 79.8 cm³/mol. The molecule has 0 spiro atoms. The molecule has 0 unspecified atom stereocenters. The molecule has 0 nitrogen and oxygen atoms in total. The van der Waals surface area contributed by atoms with Gasteiger partial charge in [0.2, 0.25) is 0 Å². The van der Waals surface area contributed by atoms with Crippen LogP contribution in [0, 0.1) is 0 Å². The van der Waals surface area contributed by atoms with Crippen LogP contribution < -0.4 is 0 Å². The summed E-state index contributed by atoms with van der Waals surface area (Å²) in [7, 11) is 0. The molecule has 0 saturated heterocycles. The van der Waals surface area contributed by atoms with Crippen LogP contribution in [0.25, 0.3) is 11.1 Å². The maximum atomic E-state index is 11.9. The van der Waals surface area contributed by atoms with Gasteiger partial charge in [0.25, 0.3) is 0 Å². The molecule has 0 aliphatic heterocycles. The Morgan fingerprint density at radius 1 is 0.842 bits per heavy atom. The lowest BCUT2D eigenvalue weighted by atomic mass is 10.0. The highest BCUT2D eigenvalue weighted by atomic mass is 19.1. The maximum Gasteiger partial charge on any atom is 0.0827 e. The van der Waals surface area contributed by atoms with E-state index in [4.69, 9.17) is 0 Å². The molecular formula is C18H19F. The van der Waals surface area contributed by atoms with Gasteiger partial charge < -0.3 is 0 Å². The Hall–Kier alpha value is -1.89. The Morgan fingerprint density at radius 3 is 1.84 bits per heavy atom. The van der Waals surface area contributed by atoms with E-state index in [1.54, 1.807) is 6.08 Å². The lowest BCUT2D eigenvalue weighted by molar-refractivity contribution is 0.713. The van der Waals surface area contributed by atoms with Gasteiger partial charge in [0.05, 0.1) is 6.33 Å². The summed E-state index contributed by atoms with van der Waals surface area (Å²) in [5.74, 6) is 0. The van der Waals surface area contributed by atoms with Crippen LogP contribution in [0.2, 0.25) is 0 Å². The van der Waals surface area contributed by atoms with Crippen molar-refractivity contribution >= 4 is 0 Å². The number of halogens is 1. The van der Waals surface area contributed by atoms with Crippen molar-refractivity contribution in [1.82, 2.24) is 0 Å². The van der Waals surface area contributed by atoms with Crippen molar-refractivity contribution in [2.24, 2.45) is 0 Å². The van der Waals surface area contributed by atoms with Gasteiger partial charge in [0.15, 0.2) is 0 Å². The quantitative estimate of drug-likeness (QED) is 0.676. The summed E-state index contributed by atoms with van der Waals surface area (Å²) < 4.78 is 11.9. The van der Waals surface area contributed by atoms with E-state index in [0.717, 1.165) is 19.3 Å². The summed E-state index contributed by atoms with van der Waals surface area (Å²) in [5.41, 5.74) is 5.07. The minimum atomic E-state index is 0.615. The molecule has 0 saturated carbocycles. The Kier molecular flexibility index (Phi) is 4.91. The number of hydrogen-bond donors (Lipinski definition) is 0. The maximum absolute atomic E-state index is 11.9. The largest absolute Gasteiger partial charge is 0.216 e. The lowest BCUT2D eigenvalue weighted by Gasteiger charge is -2.05. The van der Waals surface area contributed by atoms with Gasteiger partial charge in [-0.25, -0.2) is 4.39 Å². The zero-order chi connectivity index (χ0) is 13.5. The fraction of sp³-hybridized carbons (Fsp3) is 0.222. The van der Waals surface area contributed by atoms with E-state index in [2.05, 4.69) is 55.5 Å². The zero-order valence-corrected chi connectivity index (χ0v) is 11.3. The summed E-state index contributed by atoms with van der Waals surface area (Å²) in [6.07, 6.45) is 4.87. The van der Waals surface area contributed by atoms with Crippen LogP contribution in [0.4, 0.5) is 4.39 Å². The van der Waals surface area contributed by atoms with Gasteiger partial charge in [-0.2, -0.15) is 0 Å². The zero-order valence-electron chi connectivity index (χ0n) is 11.3. The standard InChI is InChI=1S/C18H19F/c1-2-15-6-10-17(11-7-15)18-12-8-16(9-13-18)5-3-4-14-19/h4,6-14H,2-3,5H2,1H3/b14-4+. The first-order valence-electron chi connectivity index (χ1n) is 6.77. The van der Waals surface area contributed by atoms with E-state index in [1.807, 2.05) is 0 Å². The van der Waals surface area contributed by atoms with Crippen molar-refractivity contribution in [3.63, 3.8) is 0 Å². The number of aryl methyl sites for hydroxylation is 2. The monoisotopic (exact) mass is 254 g/mol. The second kappa shape index (κ2) is 6.89. The van der Waals surface area contributed by atoms with Gasteiger partial charge in [-0.3, -0.25) is 0 Å². The van der Waals surface area contributed by atoms with Crippen molar-refractivity contribution in [3.8, 4) is 11.1 Å². The van der Waals surface area contributed by atoms with Crippen LogP contribution in [-0.2, 0) is 12.8 Å². The average molecular weight is 254 g/mol. The Bertz CT molecular complexity index is 521. The molecule has 98 valence electrons. The summed E-state index contributed by atoms with van der Waals surface area (Å²) in [6.45, 7) is 2.16. The molecule has 0 fully saturated rings. The van der Waals surface area contributed by atoms with Gasteiger partial charge in [0.1, 0.15) is 0 Å². The molecule has 2 rings (SSSR count). The molecule has 2 aromatic rings. The van der Waals surface area contributed by atoms with Crippen LogP contribution in [0.1, 0.15) is 24.5 Å². The van der Waals surface area contributed by atoms with Crippen LogP contribution in [0.5, 0.6) is 0 Å². The molecule has 0 radical (unpaired) electrons. The van der Waals surface area contributed by atoms with E-state index >= 15 is 0 Å². The van der Waals surface area contributed by atoms with Crippen molar-refractivity contribution < 1.29 is 4.39 Å². The SMILES string of the molecule is CCc1ccc(-c2ccc(CC/C=C/F)cc2)cc1. The van der Waals surface area contributed by atoms with Gasteiger partial charge in [-0.1, -0.05) is 61.5 Å². The minimum Gasteiger partial charge on any atom is -0.216 e. The molecule has 0 heterocycles. The molecule has 0 atom stereocenters. The molecule has 0 N–H and O–H groups in total. The first-order valence-corrected chi connectivity index (χ1v) is 6.77. The van der Waals surface area contributed by atoms with Crippen molar-refractivity contribution in [1.29, 1.82) is 0 Å². The van der Waals surface area contributed by atoms with Crippen LogP contribution in [0.15, 0.2) is 60.9 Å². The Labute approximate surface area is 114 Å². The fourth-order valence-electron chi connectivity index (χ4n) is 2.11. The van der Waals surface area contributed by atoms with Crippen molar-refractivity contribution in [2.45, 2.75) is 26.2 Å². The second-order valence-electron chi connectivity index (χ2n) is 4.65. The molecule has 0 aromatic heterocycles. The number of allylic oxidation sites excluding steroid dienone is 1. The molecule has 19 heavy (non-hydrogen) atoms. The van der Waals surface area contributed by atoms with Crippen molar-refractivity contribution in [2.75, 3.05) is 0 Å². The van der Waals surface area contributed by atoms with Crippen LogP contribution in [-0.4, -0.2) is 0 Å². The highest BCUT2D eigenvalue weighted by Gasteiger charge is 1.98. The minimum absolute atomic E-state index is 0.615. The summed E-state index contributed by atoms with van der Waals surface area (Å²) >= 11 is 0. The third-order valence-corrected chi connectivity index (χ3v) is 3.34. The van der Waals surface area contributed by atoms with E-state index in [-0.39, 0.29) is 0 Å². The number of hydrogen-bond acceptors (Lipinski definition) is 0. The van der Waals surface area contributed by atoms with E-state index in [9.17, 15) is 4.39 Å². The highest BCUT2D eigenvalue weighted by molar-refractivity contribution is 5.63. The molecule has 0 aliphatic rings. The Morgan fingerprint density at radius 2 is 1.37 bits per heavy atom. The van der Waals surface area contributed by atoms with Crippen molar-refractivity contribution in [3.05, 3.63) is 72.1 Å². The topological polar surface area (TPSA) is 0 Å². The van der Waals surface area contributed by atoms with E-state index in [0.29, 0.717) is 6.33 Å². The van der Waals surface area contributed by atoms with E-state index < -0.39 is 0 Å². The molecule has 2 aromatic carbocycles. The van der Waals surface area contributed by atoms with Gasteiger partial charge in [-0.15, -0.1) is 0 Å². The van der Waals surface area contributed by atoms with Gasteiger partial charge in [0, 0.05) is 0 Å². The van der Waals surface area contributed by atoms with Gasteiger partial charge >= 0.3 is 0 Å². The molecule has 0 aliphatic carbocycles. The Balaban J connectivity index is 2.08. The summed E-state index contributed by atoms with van der Waals surface area (Å²) in [5, 5.41) is 0. The van der Waals surface area contributed by atoms with E-state index in [1.165, 1.54) is 22.3 Å². The third-order valence-electron chi connectivity index (χ3n) is 3.34.